The summed E-state index contributed by atoms with van der Waals surface area (Å²) in [5.74, 6) is -4.95. The molecule has 0 spiro atoms. The van der Waals surface area contributed by atoms with E-state index < -0.39 is 36.5 Å². The van der Waals surface area contributed by atoms with Gasteiger partial charge in [0.25, 0.3) is 11.8 Å². The number of carbonyl (C=O) groups is 1. The normalized spacial score (nSPS) is 25.0. The quantitative estimate of drug-likeness (QED) is 0.670. The molecule has 1 saturated carbocycles. The van der Waals surface area contributed by atoms with Crippen LogP contribution in [0.15, 0.2) is 6.07 Å². The van der Waals surface area contributed by atoms with E-state index in [1.54, 1.807) is 0 Å². The van der Waals surface area contributed by atoms with Crippen molar-refractivity contribution in [1.29, 1.82) is 0 Å². The maximum atomic E-state index is 13.6. The van der Waals surface area contributed by atoms with E-state index in [0.29, 0.717) is 0 Å². The monoisotopic (exact) mass is 407 g/mol. The number of rotatable bonds is 3. The highest BCUT2D eigenvalue weighted by atomic mass is 19.4. The van der Waals surface area contributed by atoms with Crippen LogP contribution in [0, 0.1) is 5.92 Å². The third-order valence-corrected chi connectivity index (χ3v) is 5.30. The summed E-state index contributed by atoms with van der Waals surface area (Å²) in [5.41, 5.74) is 11.4. The van der Waals surface area contributed by atoms with Crippen LogP contribution in [0.25, 0.3) is 0 Å². The molecule has 28 heavy (non-hydrogen) atoms. The minimum atomic E-state index is -4.24. The number of alkyl halides is 5. The van der Waals surface area contributed by atoms with E-state index in [0.717, 1.165) is 0 Å². The van der Waals surface area contributed by atoms with Gasteiger partial charge in [0.2, 0.25) is 0 Å². The molecule has 0 bridgehead atoms. The zero-order chi connectivity index (χ0) is 20.7. The summed E-state index contributed by atoms with van der Waals surface area (Å²) in [6, 6.07) is 0.836. The summed E-state index contributed by atoms with van der Waals surface area (Å²) in [4.78, 5) is 18.0. The van der Waals surface area contributed by atoms with E-state index in [-0.39, 0.29) is 61.5 Å². The first kappa shape index (κ1) is 20.4. The average molecular weight is 407 g/mol. The molecule has 6 nitrogen and oxygen atoms in total. The lowest BCUT2D eigenvalue weighted by atomic mass is 9.85. The van der Waals surface area contributed by atoms with Crippen LogP contribution in [-0.2, 0) is 0 Å². The predicted molar refractivity (Wildman–Crippen MR) is 94.1 cm³/mol. The Balaban J connectivity index is 1.74. The second kappa shape index (κ2) is 7.25. The Hall–Kier alpha value is -2.33. The molecule has 1 saturated heterocycles. The molecule has 5 N–H and O–H groups in total. The molecule has 1 amide bonds. The van der Waals surface area contributed by atoms with Gasteiger partial charge >= 0.3 is 6.18 Å². The van der Waals surface area contributed by atoms with Gasteiger partial charge in [0, 0.05) is 19.0 Å². The van der Waals surface area contributed by atoms with Crippen molar-refractivity contribution in [2.24, 2.45) is 5.92 Å². The zero-order valence-electron chi connectivity index (χ0n) is 15.0. The standard InChI is InChI=1S/C17H22F5N5O/c18-16(19)5-6-27(8-16)14-11(7-12(23)13(24)26-14)15(28)25-10-3-1-9(2-4-10)17(20,21)22/h7,9-10H,1-6,8,23H2,(H2,24,26)(H,25,28)/t9-,10-. The molecule has 1 aromatic heterocycles. The molecule has 0 atom stereocenters. The fraction of sp³-hybridized carbons (Fsp3) is 0.647. The topological polar surface area (TPSA) is 97.3 Å². The van der Waals surface area contributed by atoms with Gasteiger partial charge in [0.15, 0.2) is 0 Å². The molecular weight excluding hydrogens is 385 g/mol. The van der Waals surface area contributed by atoms with Crippen LogP contribution in [0.3, 0.4) is 0 Å². The summed E-state index contributed by atoms with van der Waals surface area (Å²) in [7, 11) is 0. The number of amides is 1. The molecule has 0 radical (unpaired) electrons. The van der Waals surface area contributed by atoms with Crippen molar-refractivity contribution >= 4 is 23.2 Å². The molecule has 156 valence electrons. The molecule has 0 aromatic carbocycles. The van der Waals surface area contributed by atoms with E-state index in [9.17, 15) is 26.7 Å². The van der Waals surface area contributed by atoms with Gasteiger partial charge in [-0.25, -0.2) is 13.8 Å². The highest BCUT2D eigenvalue weighted by Crippen LogP contribution is 2.38. The third kappa shape index (κ3) is 4.39. The minimum absolute atomic E-state index is 0.000327. The number of carbonyl (C=O) groups excluding carboxylic acids is 1. The molecule has 0 unspecified atom stereocenters. The van der Waals surface area contributed by atoms with Gasteiger partial charge in [-0.2, -0.15) is 13.2 Å². The summed E-state index contributed by atoms with van der Waals surface area (Å²) in [6.07, 6.45) is -4.38. The van der Waals surface area contributed by atoms with E-state index in [2.05, 4.69) is 10.3 Å². The first-order valence-electron chi connectivity index (χ1n) is 9.02. The highest BCUT2D eigenvalue weighted by molar-refractivity contribution is 6.00. The van der Waals surface area contributed by atoms with Gasteiger partial charge in [0.05, 0.1) is 23.7 Å². The van der Waals surface area contributed by atoms with Crippen molar-refractivity contribution in [2.45, 2.75) is 50.2 Å². The van der Waals surface area contributed by atoms with Gasteiger partial charge in [-0.3, -0.25) is 4.79 Å². The maximum absolute atomic E-state index is 13.6. The maximum Gasteiger partial charge on any atom is 0.391 e. The van der Waals surface area contributed by atoms with Crippen molar-refractivity contribution in [3.05, 3.63) is 11.6 Å². The molecule has 2 heterocycles. The number of halogens is 5. The van der Waals surface area contributed by atoms with Gasteiger partial charge in [-0.05, 0) is 31.7 Å². The van der Waals surface area contributed by atoms with E-state index in [1.165, 1.54) is 11.0 Å². The second-order valence-corrected chi connectivity index (χ2v) is 7.43. The van der Waals surface area contributed by atoms with Crippen LogP contribution in [0.1, 0.15) is 42.5 Å². The van der Waals surface area contributed by atoms with E-state index >= 15 is 0 Å². The van der Waals surface area contributed by atoms with Crippen LogP contribution in [-0.4, -0.2) is 42.1 Å². The number of pyridine rings is 1. The highest BCUT2D eigenvalue weighted by Gasteiger charge is 2.42. The Bertz CT molecular complexity index is 746. The van der Waals surface area contributed by atoms with Crippen LogP contribution in [0.4, 0.5) is 39.3 Å². The number of hydrogen-bond acceptors (Lipinski definition) is 5. The average Bonchev–Trinajstić information content (AvgIpc) is 2.96. The Kier molecular flexibility index (Phi) is 5.28. The zero-order valence-corrected chi connectivity index (χ0v) is 15.0. The van der Waals surface area contributed by atoms with E-state index in [4.69, 9.17) is 11.5 Å². The van der Waals surface area contributed by atoms with Crippen molar-refractivity contribution in [3.63, 3.8) is 0 Å². The molecule has 1 aromatic rings. The molecular formula is C17H22F5N5O. The minimum Gasteiger partial charge on any atom is -0.396 e. The third-order valence-electron chi connectivity index (χ3n) is 5.30. The molecule has 11 heteroatoms. The number of nitrogens with zero attached hydrogens (tertiary/aromatic N) is 2. The lowest BCUT2D eigenvalue weighted by Gasteiger charge is -2.30. The predicted octanol–water partition coefficient (Wildman–Crippen LogP) is 2.94. The van der Waals surface area contributed by atoms with Gasteiger partial charge in [0.1, 0.15) is 11.6 Å². The summed E-state index contributed by atoms with van der Waals surface area (Å²) < 4.78 is 65.5. The number of anilines is 3. The fourth-order valence-electron chi connectivity index (χ4n) is 3.69. The second-order valence-electron chi connectivity index (χ2n) is 7.43. The van der Waals surface area contributed by atoms with Gasteiger partial charge in [-0.1, -0.05) is 0 Å². The van der Waals surface area contributed by atoms with Gasteiger partial charge in [-0.15, -0.1) is 0 Å². The van der Waals surface area contributed by atoms with Crippen molar-refractivity contribution < 1.29 is 26.7 Å². The van der Waals surface area contributed by atoms with Crippen molar-refractivity contribution in [3.8, 4) is 0 Å². The van der Waals surface area contributed by atoms with Crippen LogP contribution in [0.2, 0.25) is 0 Å². The lowest BCUT2D eigenvalue weighted by molar-refractivity contribution is -0.182. The number of nitrogen functional groups attached to an aromatic ring is 2. The Morgan fingerprint density at radius 2 is 1.86 bits per heavy atom. The Morgan fingerprint density at radius 1 is 1.21 bits per heavy atom. The number of hydrogen-bond donors (Lipinski definition) is 3. The van der Waals surface area contributed by atoms with Crippen LogP contribution < -0.4 is 21.7 Å². The van der Waals surface area contributed by atoms with Crippen molar-refractivity contribution in [1.82, 2.24) is 10.3 Å². The number of nitrogens with two attached hydrogens (primary N) is 2. The smallest absolute Gasteiger partial charge is 0.391 e. The summed E-state index contributed by atoms with van der Waals surface area (Å²) in [6.45, 7) is -0.597. The Labute approximate surface area is 158 Å². The SMILES string of the molecule is Nc1cc(C(=O)N[C@H]2CC[C@H](C(F)(F)F)CC2)c(N2CCC(F)(F)C2)nc1N. The Morgan fingerprint density at radius 3 is 2.39 bits per heavy atom. The molecule has 1 aliphatic carbocycles. The fourth-order valence-corrected chi connectivity index (χ4v) is 3.69. The largest absolute Gasteiger partial charge is 0.396 e. The molecule has 2 aliphatic rings. The van der Waals surface area contributed by atoms with Gasteiger partial charge < -0.3 is 21.7 Å². The molecule has 1 aliphatic heterocycles. The lowest BCUT2D eigenvalue weighted by Crippen LogP contribution is -2.40. The molecule has 2 fully saturated rings. The van der Waals surface area contributed by atoms with Crippen LogP contribution >= 0.6 is 0 Å². The first-order valence-corrected chi connectivity index (χ1v) is 9.02. The summed E-state index contributed by atoms with van der Waals surface area (Å²) in [5, 5.41) is 2.68. The first-order chi connectivity index (χ1) is 13.0. The summed E-state index contributed by atoms with van der Waals surface area (Å²) >= 11 is 0. The number of aromatic nitrogens is 1. The number of nitrogens with one attached hydrogen (secondary N) is 1. The van der Waals surface area contributed by atoms with Crippen molar-refractivity contribution in [2.75, 3.05) is 29.5 Å². The molecule has 3 rings (SSSR count). The van der Waals surface area contributed by atoms with E-state index in [1.807, 2.05) is 0 Å². The van der Waals surface area contributed by atoms with Crippen LogP contribution in [0.5, 0.6) is 0 Å².